The lowest BCUT2D eigenvalue weighted by molar-refractivity contribution is 0.256. The van der Waals surface area contributed by atoms with E-state index in [1.54, 1.807) is 28.4 Å². The van der Waals surface area contributed by atoms with Crippen molar-refractivity contribution >= 4 is 5.96 Å². The van der Waals surface area contributed by atoms with E-state index < -0.39 is 0 Å². The zero-order chi connectivity index (χ0) is 19.9. The first-order chi connectivity index (χ1) is 13.7. The molecule has 0 unspecified atom stereocenters. The van der Waals surface area contributed by atoms with Crippen LogP contribution in [0.3, 0.4) is 0 Å². The predicted molar refractivity (Wildman–Crippen MR) is 112 cm³/mol. The Labute approximate surface area is 168 Å². The van der Waals surface area contributed by atoms with Crippen LogP contribution in [0.2, 0.25) is 0 Å². The van der Waals surface area contributed by atoms with E-state index in [1.165, 1.54) is 32.2 Å². The number of rotatable bonds is 11. The molecule has 1 aromatic rings. The van der Waals surface area contributed by atoms with Gasteiger partial charge in [-0.05, 0) is 49.3 Å². The zero-order valence-corrected chi connectivity index (χ0v) is 17.6. The second-order valence-corrected chi connectivity index (χ2v) is 7.56. The van der Waals surface area contributed by atoms with Gasteiger partial charge in [-0.3, -0.25) is 9.89 Å². The number of guanidine groups is 1. The summed E-state index contributed by atoms with van der Waals surface area (Å²) in [7, 11) is 6.66. The molecule has 3 rings (SSSR count). The van der Waals surface area contributed by atoms with Crippen molar-refractivity contribution < 1.29 is 14.2 Å². The molecule has 2 N–H and O–H groups in total. The fraction of sp³-hybridized carbons (Fsp3) is 0.667. The Morgan fingerprint density at radius 2 is 1.71 bits per heavy atom. The second-order valence-electron chi connectivity index (χ2n) is 7.56. The van der Waals surface area contributed by atoms with E-state index in [4.69, 9.17) is 14.2 Å². The van der Waals surface area contributed by atoms with Crippen LogP contribution < -0.4 is 24.8 Å². The number of ether oxygens (including phenoxy) is 3. The lowest BCUT2D eigenvalue weighted by atomic mass is 10.2. The topological polar surface area (TPSA) is 67.4 Å². The Bertz CT molecular complexity index is 647. The molecular weight excluding hydrogens is 356 g/mol. The summed E-state index contributed by atoms with van der Waals surface area (Å²) in [6.45, 7) is 3.86. The van der Waals surface area contributed by atoms with Gasteiger partial charge in [0.1, 0.15) is 0 Å². The molecule has 0 aliphatic heterocycles. The molecule has 2 aliphatic rings. The van der Waals surface area contributed by atoms with Crippen molar-refractivity contribution in [1.29, 1.82) is 0 Å². The van der Waals surface area contributed by atoms with Crippen molar-refractivity contribution in [2.24, 2.45) is 10.9 Å². The molecule has 1 aromatic carbocycles. The molecule has 0 heterocycles. The van der Waals surface area contributed by atoms with Crippen molar-refractivity contribution in [3.8, 4) is 17.2 Å². The van der Waals surface area contributed by atoms with E-state index in [9.17, 15) is 0 Å². The normalized spacial score (nSPS) is 16.8. The molecule has 0 saturated heterocycles. The van der Waals surface area contributed by atoms with Gasteiger partial charge in [-0.15, -0.1) is 0 Å². The molecule has 0 aromatic heterocycles. The average Bonchev–Trinajstić information content (AvgIpc) is 3.62. The number of hydrogen-bond acceptors (Lipinski definition) is 5. The second kappa shape index (κ2) is 9.87. The third-order valence-electron chi connectivity index (χ3n) is 5.35. The molecule has 28 heavy (non-hydrogen) atoms. The molecule has 0 atom stereocenters. The molecule has 0 spiro atoms. The van der Waals surface area contributed by atoms with E-state index in [1.807, 2.05) is 12.1 Å². The monoisotopic (exact) mass is 390 g/mol. The Hall–Kier alpha value is -2.15. The highest BCUT2D eigenvalue weighted by molar-refractivity contribution is 5.79. The summed E-state index contributed by atoms with van der Waals surface area (Å²) >= 11 is 0. The molecule has 2 fully saturated rings. The molecule has 2 saturated carbocycles. The van der Waals surface area contributed by atoms with E-state index in [2.05, 4.69) is 20.5 Å². The Morgan fingerprint density at radius 3 is 2.21 bits per heavy atom. The largest absolute Gasteiger partial charge is 0.493 e. The molecular formula is C21H34N4O3. The fourth-order valence-corrected chi connectivity index (χ4v) is 3.46. The van der Waals surface area contributed by atoms with Gasteiger partial charge in [0.25, 0.3) is 0 Å². The summed E-state index contributed by atoms with van der Waals surface area (Å²) in [6, 6.07) is 4.72. The molecule has 7 nitrogen and oxygen atoms in total. The first-order valence-corrected chi connectivity index (χ1v) is 10.2. The summed E-state index contributed by atoms with van der Waals surface area (Å²) in [4.78, 5) is 6.99. The number of nitrogens with zero attached hydrogens (tertiary/aromatic N) is 2. The van der Waals surface area contributed by atoms with Crippen LogP contribution in [0.4, 0.5) is 0 Å². The van der Waals surface area contributed by atoms with Crippen molar-refractivity contribution in [3.63, 3.8) is 0 Å². The first-order valence-electron chi connectivity index (χ1n) is 10.2. The van der Waals surface area contributed by atoms with Gasteiger partial charge in [0.05, 0.1) is 21.3 Å². The maximum atomic E-state index is 5.42. The van der Waals surface area contributed by atoms with Crippen LogP contribution in [0.1, 0.15) is 31.2 Å². The Balaban J connectivity index is 1.49. The maximum Gasteiger partial charge on any atom is 0.203 e. The smallest absolute Gasteiger partial charge is 0.203 e. The Morgan fingerprint density at radius 1 is 1.04 bits per heavy atom. The van der Waals surface area contributed by atoms with Gasteiger partial charge in [-0.2, -0.15) is 0 Å². The minimum Gasteiger partial charge on any atom is -0.493 e. The third-order valence-corrected chi connectivity index (χ3v) is 5.35. The maximum absolute atomic E-state index is 5.42. The lowest BCUT2D eigenvalue weighted by Crippen LogP contribution is -2.42. The van der Waals surface area contributed by atoms with Crippen LogP contribution in [0.25, 0.3) is 0 Å². The molecule has 156 valence electrons. The number of benzene rings is 1. The summed E-state index contributed by atoms with van der Waals surface area (Å²) < 4.78 is 16.2. The number of hydrogen-bond donors (Lipinski definition) is 2. The van der Waals surface area contributed by atoms with Gasteiger partial charge in [-0.25, -0.2) is 0 Å². The molecule has 0 bridgehead atoms. The highest BCUT2D eigenvalue weighted by Gasteiger charge is 2.33. The fourth-order valence-electron chi connectivity index (χ4n) is 3.46. The minimum atomic E-state index is 0.604. The van der Waals surface area contributed by atoms with Gasteiger partial charge in [-0.1, -0.05) is 0 Å². The highest BCUT2D eigenvalue weighted by atomic mass is 16.5. The lowest BCUT2D eigenvalue weighted by Gasteiger charge is -2.22. The standard InChI is InChI=1S/C21H34N4O3/c1-22-21(23-9-10-25(17-7-8-17)14-15-5-6-15)24-13-16-11-18(26-2)20(28-4)19(12-16)27-3/h11-12,15,17H,5-10,13-14H2,1-4H3,(H2,22,23,24). The van der Waals surface area contributed by atoms with Gasteiger partial charge in [0.15, 0.2) is 17.5 Å². The van der Waals surface area contributed by atoms with Crippen LogP contribution in [-0.2, 0) is 6.54 Å². The summed E-state index contributed by atoms with van der Waals surface area (Å²) in [5.74, 6) is 3.66. The van der Waals surface area contributed by atoms with Crippen LogP contribution >= 0.6 is 0 Å². The minimum absolute atomic E-state index is 0.604. The van der Waals surface area contributed by atoms with E-state index in [0.717, 1.165) is 36.6 Å². The van der Waals surface area contributed by atoms with Gasteiger partial charge >= 0.3 is 0 Å². The average molecular weight is 391 g/mol. The molecule has 2 aliphatic carbocycles. The summed E-state index contributed by atoms with van der Waals surface area (Å²) in [6.07, 6.45) is 5.55. The van der Waals surface area contributed by atoms with E-state index in [-0.39, 0.29) is 0 Å². The van der Waals surface area contributed by atoms with Crippen molar-refractivity contribution in [3.05, 3.63) is 17.7 Å². The highest BCUT2D eigenvalue weighted by Crippen LogP contribution is 2.38. The van der Waals surface area contributed by atoms with Crippen molar-refractivity contribution in [1.82, 2.24) is 15.5 Å². The molecule has 0 amide bonds. The van der Waals surface area contributed by atoms with Gasteiger partial charge in [0.2, 0.25) is 5.75 Å². The predicted octanol–water partition coefficient (Wildman–Crippen LogP) is 2.25. The van der Waals surface area contributed by atoms with E-state index in [0.29, 0.717) is 23.8 Å². The van der Waals surface area contributed by atoms with Crippen molar-refractivity contribution in [2.75, 3.05) is 48.0 Å². The zero-order valence-electron chi connectivity index (χ0n) is 17.6. The van der Waals surface area contributed by atoms with Crippen molar-refractivity contribution in [2.45, 2.75) is 38.3 Å². The molecule has 0 radical (unpaired) electrons. The third kappa shape index (κ3) is 5.67. The van der Waals surface area contributed by atoms with Crippen LogP contribution in [0, 0.1) is 5.92 Å². The van der Waals surface area contributed by atoms with Gasteiger partial charge < -0.3 is 24.8 Å². The summed E-state index contributed by atoms with van der Waals surface area (Å²) in [5, 5.41) is 6.80. The summed E-state index contributed by atoms with van der Waals surface area (Å²) in [5.41, 5.74) is 1.03. The van der Waals surface area contributed by atoms with Crippen LogP contribution in [0.15, 0.2) is 17.1 Å². The number of methoxy groups -OCH3 is 3. The van der Waals surface area contributed by atoms with Crippen LogP contribution in [-0.4, -0.2) is 64.9 Å². The molecule has 7 heteroatoms. The van der Waals surface area contributed by atoms with Crippen LogP contribution in [0.5, 0.6) is 17.2 Å². The van der Waals surface area contributed by atoms with Gasteiger partial charge in [0, 0.05) is 39.3 Å². The SMILES string of the molecule is CN=C(NCCN(CC1CC1)C1CC1)NCc1cc(OC)c(OC)c(OC)c1. The number of aliphatic imine (C=N–C) groups is 1. The van der Waals surface area contributed by atoms with E-state index >= 15 is 0 Å². The number of nitrogens with one attached hydrogen (secondary N) is 2. The first kappa shape index (κ1) is 20.6. The quantitative estimate of drug-likeness (QED) is 0.446. The Kier molecular flexibility index (Phi) is 7.25.